The van der Waals surface area contributed by atoms with Gasteiger partial charge in [-0.3, -0.25) is 4.90 Å². The molecule has 0 amide bonds. The minimum atomic E-state index is -0.0950. The predicted octanol–water partition coefficient (Wildman–Crippen LogP) is 0.850. The fraction of sp³-hybridized carbons (Fsp3) is 1.00. The van der Waals surface area contributed by atoms with Crippen molar-refractivity contribution in [2.24, 2.45) is 0 Å². The molecule has 60 valence electrons. The molecule has 0 radical (unpaired) electrons. The summed E-state index contributed by atoms with van der Waals surface area (Å²) in [6.45, 7) is 7.50. The summed E-state index contributed by atoms with van der Waals surface area (Å²) in [4.78, 5) is 2.34. The summed E-state index contributed by atoms with van der Waals surface area (Å²) in [5, 5.41) is 9.38. The summed E-state index contributed by atoms with van der Waals surface area (Å²) < 4.78 is 0. The summed E-state index contributed by atoms with van der Waals surface area (Å²) in [5.41, 5.74) is 0. The zero-order chi connectivity index (χ0) is 7.72. The molecule has 0 spiro atoms. The van der Waals surface area contributed by atoms with Gasteiger partial charge in [-0.15, -0.1) is 0 Å². The van der Waals surface area contributed by atoms with Crippen molar-refractivity contribution in [1.82, 2.24) is 4.90 Å². The Morgan fingerprint density at radius 2 is 2.10 bits per heavy atom. The maximum absolute atomic E-state index is 9.38. The lowest BCUT2D eigenvalue weighted by molar-refractivity contribution is 0.111. The fourth-order valence-corrected chi connectivity index (χ4v) is 1.68. The van der Waals surface area contributed by atoms with Crippen molar-refractivity contribution in [3.8, 4) is 0 Å². The van der Waals surface area contributed by atoms with Gasteiger partial charge in [0, 0.05) is 18.6 Å². The number of hydrogen-bond donors (Lipinski definition) is 1. The highest BCUT2D eigenvalue weighted by atomic mass is 16.3. The van der Waals surface area contributed by atoms with Crippen molar-refractivity contribution in [3.63, 3.8) is 0 Å². The van der Waals surface area contributed by atoms with Crippen LogP contribution in [0.4, 0.5) is 0 Å². The third-order valence-corrected chi connectivity index (χ3v) is 2.43. The molecule has 2 heteroatoms. The van der Waals surface area contributed by atoms with Crippen LogP contribution in [0.25, 0.3) is 0 Å². The van der Waals surface area contributed by atoms with E-state index in [4.69, 9.17) is 0 Å². The van der Waals surface area contributed by atoms with Crippen LogP contribution in [-0.4, -0.2) is 34.7 Å². The molecule has 0 aliphatic carbocycles. The Morgan fingerprint density at radius 1 is 1.50 bits per heavy atom. The predicted molar refractivity (Wildman–Crippen MR) is 41.9 cm³/mol. The van der Waals surface area contributed by atoms with E-state index in [1.54, 1.807) is 0 Å². The van der Waals surface area contributed by atoms with Crippen LogP contribution in [-0.2, 0) is 0 Å². The van der Waals surface area contributed by atoms with Gasteiger partial charge in [-0.05, 0) is 27.2 Å². The zero-order valence-corrected chi connectivity index (χ0v) is 7.04. The molecule has 2 atom stereocenters. The average molecular weight is 143 g/mol. The normalized spacial score (nSPS) is 35.7. The van der Waals surface area contributed by atoms with E-state index in [-0.39, 0.29) is 6.10 Å². The highest BCUT2D eigenvalue weighted by molar-refractivity contribution is 4.84. The van der Waals surface area contributed by atoms with E-state index in [2.05, 4.69) is 25.7 Å². The first-order valence-corrected chi connectivity index (χ1v) is 4.06. The van der Waals surface area contributed by atoms with Gasteiger partial charge in [-0.25, -0.2) is 0 Å². The van der Waals surface area contributed by atoms with Crippen LogP contribution in [0.5, 0.6) is 0 Å². The Kier molecular flexibility index (Phi) is 2.32. The molecule has 1 heterocycles. The van der Waals surface area contributed by atoms with E-state index in [0.717, 1.165) is 13.0 Å². The molecule has 0 aromatic heterocycles. The molecule has 1 saturated heterocycles. The summed E-state index contributed by atoms with van der Waals surface area (Å²) in [6.07, 6.45) is 0.849. The van der Waals surface area contributed by atoms with Crippen molar-refractivity contribution in [3.05, 3.63) is 0 Å². The van der Waals surface area contributed by atoms with Gasteiger partial charge in [0.1, 0.15) is 0 Å². The van der Waals surface area contributed by atoms with Gasteiger partial charge >= 0.3 is 0 Å². The highest BCUT2D eigenvalue weighted by Crippen LogP contribution is 2.19. The average Bonchev–Trinajstić information content (AvgIpc) is 2.14. The smallest absolute Gasteiger partial charge is 0.0705 e. The molecular weight excluding hydrogens is 126 g/mol. The molecule has 2 nitrogen and oxygen atoms in total. The Labute approximate surface area is 62.8 Å². The third-order valence-electron chi connectivity index (χ3n) is 2.43. The van der Waals surface area contributed by atoms with E-state index < -0.39 is 0 Å². The first kappa shape index (κ1) is 8.02. The molecule has 1 N–H and O–H groups in total. The van der Waals surface area contributed by atoms with Crippen LogP contribution >= 0.6 is 0 Å². The third kappa shape index (κ3) is 1.32. The Bertz CT molecular complexity index is 114. The minimum Gasteiger partial charge on any atom is -0.391 e. The van der Waals surface area contributed by atoms with Crippen LogP contribution in [0.3, 0.4) is 0 Å². The van der Waals surface area contributed by atoms with Crippen molar-refractivity contribution in [2.75, 3.05) is 6.54 Å². The number of nitrogens with zero attached hydrogens (tertiary/aromatic N) is 1. The van der Waals surface area contributed by atoms with E-state index in [0.29, 0.717) is 12.1 Å². The number of rotatable bonds is 1. The van der Waals surface area contributed by atoms with Crippen LogP contribution in [0.15, 0.2) is 0 Å². The van der Waals surface area contributed by atoms with Gasteiger partial charge < -0.3 is 5.11 Å². The van der Waals surface area contributed by atoms with Crippen molar-refractivity contribution in [1.29, 1.82) is 0 Å². The van der Waals surface area contributed by atoms with E-state index in [9.17, 15) is 5.11 Å². The van der Waals surface area contributed by atoms with Gasteiger partial charge in [-0.1, -0.05) is 0 Å². The highest BCUT2D eigenvalue weighted by Gasteiger charge is 2.29. The largest absolute Gasteiger partial charge is 0.391 e. The second-order valence-corrected chi connectivity index (χ2v) is 3.43. The quantitative estimate of drug-likeness (QED) is 0.588. The fourth-order valence-electron chi connectivity index (χ4n) is 1.68. The maximum Gasteiger partial charge on any atom is 0.0705 e. The Balaban J connectivity index is 2.49. The molecule has 1 aliphatic rings. The minimum absolute atomic E-state index is 0.0950. The SMILES string of the molecule is CC(C)N1CC[C@@H](O)[C@@H]1C. The summed E-state index contributed by atoms with van der Waals surface area (Å²) >= 11 is 0. The standard InChI is InChI=1S/C8H17NO/c1-6(2)9-5-4-8(10)7(9)3/h6-8,10H,4-5H2,1-3H3/t7-,8+/m0/s1. The first-order valence-electron chi connectivity index (χ1n) is 4.06. The lowest BCUT2D eigenvalue weighted by Crippen LogP contribution is -2.37. The lowest BCUT2D eigenvalue weighted by Gasteiger charge is -2.26. The number of hydrogen-bond acceptors (Lipinski definition) is 2. The molecule has 1 aliphatic heterocycles. The number of aliphatic hydroxyl groups is 1. The summed E-state index contributed by atoms with van der Waals surface area (Å²) in [6, 6.07) is 0.937. The molecule has 10 heavy (non-hydrogen) atoms. The summed E-state index contributed by atoms with van der Waals surface area (Å²) in [7, 11) is 0. The molecule has 1 rings (SSSR count). The van der Waals surface area contributed by atoms with Crippen molar-refractivity contribution in [2.45, 2.75) is 45.4 Å². The maximum atomic E-state index is 9.38. The van der Waals surface area contributed by atoms with Crippen molar-refractivity contribution < 1.29 is 5.11 Å². The topological polar surface area (TPSA) is 23.5 Å². The Morgan fingerprint density at radius 3 is 2.30 bits per heavy atom. The second-order valence-electron chi connectivity index (χ2n) is 3.43. The van der Waals surface area contributed by atoms with Gasteiger partial charge in [0.25, 0.3) is 0 Å². The number of likely N-dealkylation sites (tertiary alicyclic amines) is 1. The van der Waals surface area contributed by atoms with Gasteiger partial charge in [0.2, 0.25) is 0 Å². The van der Waals surface area contributed by atoms with Crippen LogP contribution < -0.4 is 0 Å². The van der Waals surface area contributed by atoms with Crippen LogP contribution in [0.2, 0.25) is 0 Å². The van der Waals surface area contributed by atoms with Crippen LogP contribution in [0, 0.1) is 0 Å². The molecule has 0 aromatic carbocycles. The first-order chi connectivity index (χ1) is 4.63. The van der Waals surface area contributed by atoms with E-state index in [1.165, 1.54) is 0 Å². The van der Waals surface area contributed by atoms with Gasteiger partial charge in [0.15, 0.2) is 0 Å². The second kappa shape index (κ2) is 2.89. The molecule has 1 fully saturated rings. The molecule has 0 bridgehead atoms. The Hall–Kier alpha value is -0.0800. The molecule has 0 unspecified atom stereocenters. The monoisotopic (exact) mass is 143 g/mol. The van der Waals surface area contributed by atoms with Crippen molar-refractivity contribution >= 4 is 0 Å². The summed E-state index contributed by atoms with van der Waals surface area (Å²) in [5.74, 6) is 0. The number of aliphatic hydroxyl groups excluding tert-OH is 1. The molecule has 0 saturated carbocycles. The zero-order valence-electron chi connectivity index (χ0n) is 7.04. The lowest BCUT2D eigenvalue weighted by atomic mass is 10.2. The van der Waals surface area contributed by atoms with Gasteiger partial charge in [0.05, 0.1) is 6.10 Å². The van der Waals surface area contributed by atoms with E-state index >= 15 is 0 Å². The molecule has 0 aromatic rings. The van der Waals surface area contributed by atoms with E-state index in [1.807, 2.05) is 0 Å². The van der Waals surface area contributed by atoms with Gasteiger partial charge in [-0.2, -0.15) is 0 Å². The van der Waals surface area contributed by atoms with Crippen LogP contribution in [0.1, 0.15) is 27.2 Å². The molecular formula is C8H17NO.